The van der Waals surface area contributed by atoms with Gasteiger partial charge < -0.3 is 4.42 Å². The molecule has 17 heavy (non-hydrogen) atoms. The third-order valence-corrected chi connectivity index (χ3v) is 2.69. The zero-order chi connectivity index (χ0) is 12.1. The minimum atomic E-state index is -0.282. The molecule has 0 radical (unpaired) electrons. The lowest BCUT2D eigenvalue weighted by Crippen LogP contribution is -1.99. The molecule has 1 heterocycles. The highest BCUT2D eigenvalue weighted by molar-refractivity contribution is 6.30. The van der Waals surface area contributed by atoms with Crippen molar-refractivity contribution in [1.82, 2.24) is 0 Å². The van der Waals surface area contributed by atoms with Gasteiger partial charge in [0.25, 0.3) is 0 Å². The van der Waals surface area contributed by atoms with Crippen LogP contribution in [-0.2, 0) is 11.2 Å². The maximum absolute atomic E-state index is 10.4. The maximum Gasteiger partial charge on any atom is 0.235 e. The van der Waals surface area contributed by atoms with Crippen molar-refractivity contribution in [1.29, 1.82) is 0 Å². The summed E-state index contributed by atoms with van der Waals surface area (Å²) >= 11 is 5.81. The molecule has 0 amide bonds. The fourth-order valence-corrected chi connectivity index (χ4v) is 1.73. The van der Waals surface area contributed by atoms with Crippen molar-refractivity contribution in [3.8, 4) is 0 Å². The number of halogens is 1. The smallest absolute Gasteiger partial charge is 0.235 e. The Hall–Kier alpha value is -1.83. The van der Waals surface area contributed by atoms with Gasteiger partial charge in [-0.3, -0.25) is 0 Å². The van der Waals surface area contributed by atoms with Gasteiger partial charge >= 0.3 is 0 Å². The SMILES string of the molecule is O=C=NC(Cc1ccco1)c1ccc(Cl)cc1. The van der Waals surface area contributed by atoms with Gasteiger partial charge in [0.15, 0.2) is 0 Å². The minimum Gasteiger partial charge on any atom is -0.469 e. The Morgan fingerprint density at radius 1 is 1.29 bits per heavy atom. The van der Waals surface area contributed by atoms with Gasteiger partial charge in [0.05, 0.1) is 12.3 Å². The highest BCUT2D eigenvalue weighted by Gasteiger charge is 2.12. The van der Waals surface area contributed by atoms with E-state index in [2.05, 4.69) is 4.99 Å². The van der Waals surface area contributed by atoms with Crippen LogP contribution in [0.2, 0.25) is 5.02 Å². The number of nitrogens with zero attached hydrogens (tertiary/aromatic N) is 1. The first-order valence-electron chi connectivity index (χ1n) is 5.14. The number of carbonyl (C=O) groups excluding carboxylic acids is 1. The molecule has 0 saturated heterocycles. The first-order valence-corrected chi connectivity index (χ1v) is 5.52. The molecular weight excluding hydrogens is 238 g/mol. The van der Waals surface area contributed by atoms with Crippen molar-refractivity contribution in [2.75, 3.05) is 0 Å². The summed E-state index contributed by atoms with van der Waals surface area (Å²) in [5, 5.41) is 0.653. The van der Waals surface area contributed by atoms with Crippen LogP contribution in [0.3, 0.4) is 0 Å². The third-order valence-electron chi connectivity index (χ3n) is 2.44. The molecule has 0 N–H and O–H groups in total. The van der Waals surface area contributed by atoms with Crippen LogP contribution in [0.25, 0.3) is 0 Å². The van der Waals surface area contributed by atoms with E-state index < -0.39 is 0 Å². The average molecular weight is 248 g/mol. The summed E-state index contributed by atoms with van der Waals surface area (Å²) in [6.45, 7) is 0. The van der Waals surface area contributed by atoms with Crippen LogP contribution in [0.4, 0.5) is 0 Å². The third kappa shape index (κ3) is 3.06. The van der Waals surface area contributed by atoms with E-state index in [9.17, 15) is 4.79 Å². The Morgan fingerprint density at radius 2 is 2.06 bits per heavy atom. The molecule has 2 aromatic rings. The molecule has 0 bridgehead atoms. The molecular formula is C13H10ClNO2. The van der Waals surface area contributed by atoms with Gasteiger partial charge in [-0.1, -0.05) is 23.7 Å². The highest BCUT2D eigenvalue weighted by atomic mass is 35.5. The van der Waals surface area contributed by atoms with Gasteiger partial charge in [-0.2, -0.15) is 4.99 Å². The normalized spacial score (nSPS) is 11.8. The molecule has 3 nitrogen and oxygen atoms in total. The van der Waals surface area contributed by atoms with E-state index in [1.807, 2.05) is 18.2 Å². The summed E-state index contributed by atoms with van der Waals surface area (Å²) in [5.41, 5.74) is 0.911. The monoisotopic (exact) mass is 247 g/mol. The lowest BCUT2D eigenvalue weighted by molar-refractivity contribution is 0.487. The summed E-state index contributed by atoms with van der Waals surface area (Å²) in [5.74, 6) is 0.781. The molecule has 1 aromatic heterocycles. The van der Waals surface area contributed by atoms with E-state index in [-0.39, 0.29) is 6.04 Å². The predicted molar refractivity (Wildman–Crippen MR) is 64.7 cm³/mol. The zero-order valence-electron chi connectivity index (χ0n) is 8.97. The number of isocyanates is 1. The minimum absolute atomic E-state index is 0.282. The van der Waals surface area contributed by atoms with E-state index in [4.69, 9.17) is 16.0 Å². The van der Waals surface area contributed by atoms with Crippen LogP contribution in [-0.4, -0.2) is 6.08 Å². The standard InChI is InChI=1S/C13H10ClNO2/c14-11-5-3-10(4-6-11)13(15-9-16)8-12-2-1-7-17-12/h1-7,13H,8H2. The number of aliphatic imine (C=N–C) groups is 1. The topological polar surface area (TPSA) is 42.6 Å². The van der Waals surface area contributed by atoms with E-state index >= 15 is 0 Å². The first-order chi connectivity index (χ1) is 8.29. The van der Waals surface area contributed by atoms with Crippen molar-refractivity contribution in [3.05, 3.63) is 59.0 Å². The second-order valence-corrected chi connectivity index (χ2v) is 4.01. The van der Waals surface area contributed by atoms with Crippen LogP contribution in [0.15, 0.2) is 52.1 Å². The second kappa shape index (κ2) is 5.48. The Labute approximate surface area is 104 Å². The first kappa shape index (κ1) is 11.6. The number of furan rings is 1. The summed E-state index contributed by atoms with van der Waals surface area (Å²) in [7, 11) is 0. The van der Waals surface area contributed by atoms with Gasteiger partial charge in [0.1, 0.15) is 5.76 Å². The van der Waals surface area contributed by atoms with E-state index in [0.29, 0.717) is 11.4 Å². The number of hydrogen-bond donors (Lipinski definition) is 0. The summed E-state index contributed by atoms with van der Waals surface area (Å²) in [6, 6.07) is 10.6. The summed E-state index contributed by atoms with van der Waals surface area (Å²) in [6.07, 6.45) is 3.72. The zero-order valence-corrected chi connectivity index (χ0v) is 9.72. The molecule has 1 atom stereocenters. The lowest BCUT2D eigenvalue weighted by Gasteiger charge is -2.09. The van der Waals surface area contributed by atoms with E-state index in [0.717, 1.165) is 11.3 Å². The summed E-state index contributed by atoms with van der Waals surface area (Å²) < 4.78 is 5.24. The molecule has 0 spiro atoms. The number of hydrogen-bond acceptors (Lipinski definition) is 3. The predicted octanol–water partition coefficient (Wildman–Crippen LogP) is 3.55. The Kier molecular flexibility index (Phi) is 3.76. The van der Waals surface area contributed by atoms with Gasteiger partial charge in [0, 0.05) is 11.4 Å². The van der Waals surface area contributed by atoms with Crippen molar-refractivity contribution in [2.45, 2.75) is 12.5 Å². The number of rotatable bonds is 4. The van der Waals surface area contributed by atoms with Gasteiger partial charge in [-0.05, 0) is 29.8 Å². The van der Waals surface area contributed by atoms with Crippen LogP contribution >= 0.6 is 11.6 Å². The van der Waals surface area contributed by atoms with Crippen molar-refractivity contribution < 1.29 is 9.21 Å². The lowest BCUT2D eigenvalue weighted by atomic mass is 10.0. The molecule has 0 aliphatic rings. The highest BCUT2D eigenvalue weighted by Crippen LogP contribution is 2.23. The van der Waals surface area contributed by atoms with Crippen LogP contribution in [0.1, 0.15) is 17.4 Å². The molecule has 0 aliphatic heterocycles. The average Bonchev–Trinajstić information content (AvgIpc) is 2.82. The van der Waals surface area contributed by atoms with Gasteiger partial charge in [-0.15, -0.1) is 0 Å². The fourth-order valence-electron chi connectivity index (χ4n) is 1.61. The second-order valence-electron chi connectivity index (χ2n) is 3.57. The quantitative estimate of drug-likeness (QED) is 0.612. The molecule has 86 valence electrons. The van der Waals surface area contributed by atoms with Crippen LogP contribution in [0.5, 0.6) is 0 Å². The van der Waals surface area contributed by atoms with Crippen molar-refractivity contribution >= 4 is 17.7 Å². The Morgan fingerprint density at radius 3 is 2.65 bits per heavy atom. The molecule has 4 heteroatoms. The number of benzene rings is 1. The molecule has 0 fully saturated rings. The Bertz CT molecular complexity index is 513. The molecule has 0 saturated carbocycles. The van der Waals surface area contributed by atoms with Crippen molar-refractivity contribution in [2.24, 2.45) is 4.99 Å². The van der Waals surface area contributed by atoms with Crippen molar-refractivity contribution in [3.63, 3.8) is 0 Å². The fraction of sp³-hybridized carbons (Fsp3) is 0.154. The summed E-state index contributed by atoms with van der Waals surface area (Å²) in [4.78, 5) is 14.2. The van der Waals surface area contributed by atoms with Crippen LogP contribution in [0, 0.1) is 0 Å². The van der Waals surface area contributed by atoms with E-state index in [1.54, 1.807) is 30.5 Å². The van der Waals surface area contributed by atoms with Crippen LogP contribution < -0.4 is 0 Å². The van der Waals surface area contributed by atoms with Gasteiger partial charge in [0.2, 0.25) is 6.08 Å². The molecule has 1 unspecified atom stereocenters. The maximum atomic E-state index is 10.4. The van der Waals surface area contributed by atoms with E-state index in [1.165, 1.54) is 0 Å². The molecule has 0 aliphatic carbocycles. The molecule has 2 rings (SSSR count). The Balaban J connectivity index is 2.22. The van der Waals surface area contributed by atoms with Gasteiger partial charge in [-0.25, -0.2) is 4.79 Å². The molecule has 1 aromatic carbocycles. The largest absolute Gasteiger partial charge is 0.469 e.